The first kappa shape index (κ1) is 21.7. The molecule has 160 valence electrons. The molecule has 1 heterocycles. The Morgan fingerprint density at radius 3 is 2.47 bits per heavy atom. The van der Waals surface area contributed by atoms with E-state index in [-0.39, 0.29) is 21.8 Å². The number of methoxy groups -OCH3 is 1. The molecule has 3 amide bonds. The maximum absolute atomic E-state index is 13.1. The molecule has 32 heavy (non-hydrogen) atoms. The van der Waals surface area contributed by atoms with Crippen LogP contribution in [0.15, 0.2) is 71.2 Å². The Morgan fingerprint density at radius 1 is 1.00 bits per heavy atom. The lowest BCUT2D eigenvalue weighted by atomic mass is 10.1. The Labute approximate surface area is 197 Å². The van der Waals surface area contributed by atoms with Crippen LogP contribution in [0.3, 0.4) is 0 Å². The van der Waals surface area contributed by atoms with Crippen LogP contribution < -0.4 is 20.3 Å². The molecule has 4 rings (SSSR count). The first-order valence-corrected chi connectivity index (χ1v) is 10.6. The highest BCUT2D eigenvalue weighted by molar-refractivity contribution is 9.10. The molecule has 7 nitrogen and oxygen atoms in total. The maximum Gasteiger partial charge on any atom is 0.268 e. The summed E-state index contributed by atoms with van der Waals surface area (Å²) in [7, 11) is 1.46. The number of hydrogen-bond donors (Lipinski definition) is 2. The Bertz CT molecular complexity index is 1260. The molecule has 0 unspecified atom stereocenters. The number of ether oxygens (including phenoxy) is 1. The van der Waals surface area contributed by atoms with Gasteiger partial charge in [0.25, 0.3) is 17.7 Å². The van der Waals surface area contributed by atoms with Gasteiger partial charge in [0.2, 0.25) is 0 Å². The predicted molar refractivity (Wildman–Crippen MR) is 128 cm³/mol. The zero-order valence-electron chi connectivity index (χ0n) is 16.7. The third kappa shape index (κ3) is 4.00. The minimum Gasteiger partial charge on any atom is -0.496 e. The van der Waals surface area contributed by atoms with Crippen molar-refractivity contribution in [3.63, 3.8) is 0 Å². The molecule has 0 atom stereocenters. The van der Waals surface area contributed by atoms with Crippen molar-refractivity contribution in [3.05, 3.63) is 87.9 Å². The summed E-state index contributed by atoms with van der Waals surface area (Å²) >= 11 is 8.61. The van der Waals surface area contributed by atoms with Crippen LogP contribution in [0.25, 0.3) is 0 Å². The number of fused-ring (bicyclic) bond motifs is 1. The van der Waals surface area contributed by atoms with Crippen molar-refractivity contribution in [2.75, 3.05) is 17.3 Å². The number of carbonyl (C=O) groups is 3. The average molecular weight is 510 g/mol. The fourth-order valence-electron chi connectivity index (χ4n) is 3.38. The van der Waals surface area contributed by atoms with E-state index >= 15 is 0 Å². The summed E-state index contributed by atoms with van der Waals surface area (Å²) in [4.78, 5) is 39.8. The number of amides is 3. The van der Waals surface area contributed by atoms with E-state index in [1.54, 1.807) is 66.7 Å². The summed E-state index contributed by atoms with van der Waals surface area (Å²) in [5, 5.41) is 5.42. The van der Waals surface area contributed by atoms with Crippen LogP contribution in [0, 0.1) is 0 Å². The quantitative estimate of drug-likeness (QED) is 0.400. The molecule has 3 aromatic carbocycles. The van der Waals surface area contributed by atoms with Gasteiger partial charge in [-0.05, 0) is 54.7 Å². The minimum absolute atomic E-state index is 0.0242. The number of thiocarbonyl (C=S) groups is 1. The summed E-state index contributed by atoms with van der Waals surface area (Å²) in [5.74, 6) is -0.995. The van der Waals surface area contributed by atoms with E-state index in [9.17, 15) is 14.4 Å². The summed E-state index contributed by atoms with van der Waals surface area (Å²) in [5.41, 5.74) is 1.53. The maximum atomic E-state index is 13.1. The van der Waals surface area contributed by atoms with E-state index < -0.39 is 17.7 Å². The van der Waals surface area contributed by atoms with Crippen LogP contribution in [0.4, 0.5) is 11.4 Å². The normalized spacial score (nSPS) is 12.4. The number of rotatable bonds is 4. The molecule has 2 N–H and O–H groups in total. The van der Waals surface area contributed by atoms with Crippen LogP contribution >= 0.6 is 28.1 Å². The largest absolute Gasteiger partial charge is 0.496 e. The molecule has 0 saturated heterocycles. The van der Waals surface area contributed by atoms with E-state index in [1.165, 1.54) is 7.11 Å². The van der Waals surface area contributed by atoms with Gasteiger partial charge in [-0.2, -0.15) is 0 Å². The third-order valence-corrected chi connectivity index (χ3v) is 5.51. The fourth-order valence-corrected chi connectivity index (χ4v) is 3.95. The first-order valence-electron chi connectivity index (χ1n) is 9.43. The molecular weight excluding hydrogens is 494 g/mol. The second-order valence-corrected chi connectivity index (χ2v) is 8.09. The molecule has 1 aliphatic rings. The van der Waals surface area contributed by atoms with Gasteiger partial charge in [-0.3, -0.25) is 19.7 Å². The van der Waals surface area contributed by atoms with Crippen LogP contribution in [-0.2, 0) is 0 Å². The third-order valence-electron chi connectivity index (χ3n) is 4.81. The van der Waals surface area contributed by atoms with Crippen molar-refractivity contribution in [3.8, 4) is 5.75 Å². The Kier molecular flexibility index (Phi) is 6.02. The number of nitrogens with one attached hydrogen (secondary N) is 2. The highest BCUT2D eigenvalue weighted by Gasteiger charge is 2.38. The monoisotopic (exact) mass is 509 g/mol. The zero-order valence-corrected chi connectivity index (χ0v) is 19.1. The predicted octanol–water partition coefficient (Wildman–Crippen LogP) is 4.39. The van der Waals surface area contributed by atoms with Gasteiger partial charge in [-0.1, -0.05) is 40.2 Å². The molecule has 1 aliphatic heterocycles. The smallest absolute Gasteiger partial charge is 0.268 e. The topological polar surface area (TPSA) is 87.7 Å². The van der Waals surface area contributed by atoms with E-state index in [4.69, 9.17) is 17.0 Å². The lowest BCUT2D eigenvalue weighted by molar-refractivity contribution is 0.0924. The highest BCUT2D eigenvalue weighted by Crippen LogP contribution is 2.32. The van der Waals surface area contributed by atoms with Gasteiger partial charge < -0.3 is 10.1 Å². The zero-order chi connectivity index (χ0) is 22.8. The Balaban J connectivity index is 1.57. The molecule has 0 spiro atoms. The fraction of sp³-hybridized carbons (Fsp3) is 0.0435. The van der Waals surface area contributed by atoms with Crippen molar-refractivity contribution in [1.29, 1.82) is 0 Å². The average Bonchev–Trinajstić information content (AvgIpc) is 3.05. The van der Waals surface area contributed by atoms with Crippen LogP contribution in [0.2, 0.25) is 0 Å². The van der Waals surface area contributed by atoms with Gasteiger partial charge in [-0.25, -0.2) is 4.90 Å². The van der Waals surface area contributed by atoms with Gasteiger partial charge >= 0.3 is 0 Å². The molecule has 0 bridgehead atoms. The van der Waals surface area contributed by atoms with Crippen molar-refractivity contribution in [2.24, 2.45) is 0 Å². The molecule has 0 radical (unpaired) electrons. The standard InChI is InChI=1S/C23H16BrN3O4S/c1-31-18-11-10-13(24)12-16(18)20(28)26-23(32)25-17-9-5-8-15-19(17)22(30)27(21(15)29)14-6-3-2-4-7-14/h2-12H,1H3,(H2,25,26,28,32). The second-order valence-electron chi connectivity index (χ2n) is 6.76. The lowest BCUT2D eigenvalue weighted by Crippen LogP contribution is -2.35. The lowest BCUT2D eigenvalue weighted by Gasteiger charge is -2.15. The van der Waals surface area contributed by atoms with Crippen LogP contribution in [0.1, 0.15) is 31.1 Å². The second kappa shape index (κ2) is 8.89. The number of benzene rings is 3. The van der Waals surface area contributed by atoms with Crippen LogP contribution in [0.5, 0.6) is 5.75 Å². The Morgan fingerprint density at radius 2 is 1.75 bits per heavy atom. The molecule has 9 heteroatoms. The van der Waals surface area contributed by atoms with E-state index in [1.807, 2.05) is 0 Å². The van der Waals surface area contributed by atoms with E-state index in [0.29, 0.717) is 21.6 Å². The van der Waals surface area contributed by atoms with Crippen molar-refractivity contribution < 1.29 is 19.1 Å². The SMILES string of the molecule is COc1ccc(Br)cc1C(=O)NC(=S)Nc1cccc2c1C(=O)N(c1ccccc1)C2=O. The number of imide groups is 1. The molecular formula is C23H16BrN3O4S. The number of hydrogen-bond acceptors (Lipinski definition) is 5. The van der Waals surface area contributed by atoms with E-state index in [2.05, 4.69) is 26.6 Å². The van der Waals surface area contributed by atoms with Gasteiger partial charge in [0.15, 0.2) is 5.11 Å². The number of nitrogens with zero attached hydrogens (tertiary/aromatic N) is 1. The number of halogens is 1. The summed E-state index contributed by atoms with van der Waals surface area (Å²) in [6, 6.07) is 18.5. The Hall–Kier alpha value is -3.56. The first-order chi connectivity index (χ1) is 15.4. The minimum atomic E-state index is -0.485. The number of para-hydroxylation sites is 1. The number of carbonyl (C=O) groups excluding carboxylic acids is 3. The number of anilines is 2. The molecule has 3 aromatic rings. The van der Waals surface area contributed by atoms with Gasteiger partial charge in [-0.15, -0.1) is 0 Å². The van der Waals surface area contributed by atoms with Crippen LogP contribution in [-0.4, -0.2) is 29.9 Å². The van der Waals surface area contributed by atoms with Gasteiger partial charge in [0.1, 0.15) is 5.75 Å². The molecule has 0 aliphatic carbocycles. The van der Waals surface area contributed by atoms with Crippen molar-refractivity contribution in [2.45, 2.75) is 0 Å². The van der Waals surface area contributed by atoms with Gasteiger partial charge in [0, 0.05) is 4.47 Å². The molecule has 0 aromatic heterocycles. The molecule has 0 fully saturated rings. The molecule has 0 saturated carbocycles. The summed E-state index contributed by atoms with van der Waals surface area (Å²) in [6.45, 7) is 0. The summed E-state index contributed by atoms with van der Waals surface area (Å²) < 4.78 is 5.93. The van der Waals surface area contributed by atoms with Gasteiger partial charge in [0.05, 0.1) is 35.2 Å². The summed E-state index contributed by atoms with van der Waals surface area (Å²) in [6.07, 6.45) is 0. The van der Waals surface area contributed by atoms with E-state index in [0.717, 1.165) is 4.90 Å². The van der Waals surface area contributed by atoms with Crippen molar-refractivity contribution in [1.82, 2.24) is 5.32 Å². The highest BCUT2D eigenvalue weighted by atomic mass is 79.9. The van der Waals surface area contributed by atoms with Crippen molar-refractivity contribution >= 4 is 62.4 Å².